The van der Waals surface area contributed by atoms with Gasteiger partial charge in [-0.1, -0.05) is 25.0 Å². The first kappa shape index (κ1) is 13.8. The number of carbonyl (C=O) groups excluding carboxylic acids is 1. The van der Waals surface area contributed by atoms with E-state index in [0.29, 0.717) is 6.54 Å². The minimum Gasteiger partial charge on any atom is -0.435 e. The normalized spacial score (nSPS) is 15.7. The van der Waals surface area contributed by atoms with Crippen LogP contribution in [0.1, 0.15) is 31.2 Å². The molecule has 0 spiro atoms. The zero-order valence-corrected chi connectivity index (χ0v) is 10.6. The molecule has 1 fully saturated rings. The van der Waals surface area contributed by atoms with Crippen LogP contribution in [0.5, 0.6) is 5.75 Å². The van der Waals surface area contributed by atoms with Gasteiger partial charge >= 0.3 is 6.61 Å². The fourth-order valence-corrected chi connectivity index (χ4v) is 2.35. The van der Waals surface area contributed by atoms with Crippen molar-refractivity contribution in [1.82, 2.24) is 5.32 Å². The number of rotatable bonds is 5. The standard InChI is InChI=1S/C14H17F2NO2/c15-14(16)19-12-7-3-4-10(8-12)9-17-13(18)11-5-1-2-6-11/h3-4,7-8,11,14H,1-2,5-6,9H2,(H,17,18). The van der Waals surface area contributed by atoms with Gasteiger partial charge in [-0.05, 0) is 30.5 Å². The molecule has 1 N–H and O–H groups in total. The summed E-state index contributed by atoms with van der Waals surface area (Å²) in [5.41, 5.74) is 0.754. The molecule has 1 aromatic rings. The highest BCUT2D eigenvalue weighted by molar-refractivity contribution is 5.78. The number of carbonyl (C=O) groups is 1. The molecule has 0 unspecified atom stereocenters. The maximum atomic E-state index is 12.1. The highest BCUT2D eigenvalue weighted by Crippen LogP contribution is 2.24. The molecule has 0 radical (unpaired) electrons. The van der Waals surface area contributed by atoms with Crippen LogP contribution in [0.25, 0.3) is 0 Å². The van der Waals surface area contributed by atoms with Crippen LogP contribution in [0, 0.1) is 5.92 Å². The maximum Gasteiger partial charge on any atom is 0.387 e. The van der Waals surface area contributed by atoms with Gasteiger partial charge in [0.05, 0.1) is 0 Å². The van der Waals surface area contributed by atoms with Crippen LogP contribution >= 0.6 is 0 Å². The third kappa shape index (κ3) is 4.19. The molecule has 1 aliphatic carbocycles. The summed E-state index contributed by atoms with van der Waals surface area (Å²) in [6, 6.07) is 6.39. The molecular weight excluding hydrogens is 252 g/mol. The summed E-state index contributed by atoms with van der Waals surface area (Å²) in [5, 5.41) is 2.84. The number of hydrogen-bond donors (Lipinski definition) is 1. The topological polar surface area (TPSA) is 38.3 Å². The van der Waals surface area contributed by atoms with Crippen LogP contribution < -0.4 is 10.1 Å². The minimum absolute atomic E-state index is 0.0534. The van der Waals surface area contributed by atoms with Crippen molar-refractivity contribution >= 4 is 5.91 Å². The second kappa shape index (κ2) is 6.50. The van der Waals surface area contributed by atoms with Crippen LogP contribution in [0.4, 0.5) is 8.78 Å². The zero-order chi connectivity index (χ0) is 13.7. The largest absolute Gasteiger partial charge is 0.435 e. The predicted octanol–water partition coefficient (Wildman–Crippen LogP) is 3.09. The van der Waals surface area contributed by atoms with E-state index in [9.17, 15) is 13.6 Å². The molecule has 0 bridgehead atoms. The monoisotopic (exact) mass is 269 g/mol. The summed E-state index contributed by atoms with van der Waals surface area (Å²) in [4.78, 5) is 11.8. The number of alkyl halides is 2. The van der Waals surface area contributed by atoms with Gasteiger partial charge in [0, 0.05) is 12.5 Å². The van der Waals surface area contributed by atoms with Crippen molar-refractivity contribution in [2.75, 3.05) is 0 Å². The Bertz CT molecular complexity index is 431. The first-order valence-corrected chi connectivity index (χ1v) is 6.46. The molecule has 1 aromatic carbocycles. The second-order valence-corrected chi connectivity index (χ2v) is 4.73. The SMILES string of the molecule is O=C(NCc1cccc(OC(F)F)c1)C1CCCC1. The quantitative estimate of drug-likeness (QED) is 0.892. The Kier molecular flexibility index (Phi) is 4.71. The fourth-order valence-electron chi connectivity index (χ4n) is 2.35. The number of ether oxygens (including phenoxy) is 1. The number of nitrogens with one attached hydrogen (secondary N) is 1. The van der Waals surface area contributed by atoms with E-state index in [0.717, 1.165) is 31.2 Å². The highest BCUT2D eigenvalue weighted by Gasteiger charge is 2.22. The molecule has 2 rings (SSSR count). The fraction of sp³-hybridized carbons (Fsp3) is 0.500. The van der Waals surface area contributed by atoms with Crippen molar-refractivity contribution in [1.29, 1.82) is 0 Å². The average molecular weight is 269 g/mol. The van der Waals surface area contributed by atoms with Crippen molar-refractivity contribution in [2.24, 2.45) is 5.92 Å². The number of benzene rings is 1. The summed E-state index contributed by atoms with van der Waals surface area (Å²) < 4.78 is 28.5. The van der Waals surface area contributed by atoms with Crippen molar-refractivity contribution in [3.8, 4) is 5.75 Å². The Hall–Kier alpha value is -1.65. The summed E-state index contributed by atoms with van der Waals surface area (Å²) in [6.07, 6.45) is 4.10. The summed E-state index contributed by atoms with van der Waals surface area (Å²) in [7, 11) is 0. The van der Waals surface area contributed by atoms with E-state index in [1.165, 1.54) is 12.1 Å². The van der Waals surface area contributed by atoms with Crippen LogP contribution in [0.15, 0.2) is 24.3 Å². The number of hydrogen-bond acceptors (Lipinski definition) is 2. The minimum atomic E-state index is -2.83. The Morgan fingerprint density at radius 3 is 2.79 bits per heavy atom. The van der Waals surface area contributed by atoms with Crippen LogP contribution in [0.2, 0.25) is 0 Å². The van der Waals surface area contributed by atoms with Crippen LogP contribution in [0.3, 0.4) is 0 Å². The predicted molar refractivity (Wildman–Crippen MR) is 66.9 cm³/mol. The van der Waals surface area contributed by atoms with Gasteiger partial charge in [0.25, 0.3) is 0 Å². The van der Waals surface area contributed by atoms with E-state index < -0.39 is 6.61 Å². The van der Waals surface area contributed by atoms with Gasteiger partial charge in [0.1, 0.15) is 5.75 Å². The molecule has 1 saturated carbocycles. The molecule has 1 aliphatic rings. The Morgan fingerprint density at radius 1 is 1.37 bits per heavy atom. The third-order valence-electron chi connectivity index (χ3n) is 3.32. The molecule has 5 heteroatoms. The van der Waals surface area contributed by atoms with Crippen LogP contribution in [-0.4, -0.2) is 12.5 Å². The number of halogens is 2. The van der Waals surface area contributed by atoms with E-state index in [-0.39, 0.29) is 17.6 Å². The molecule has 104 valence electrons. The molecule has 0 saturated heterocycles. The lowest BCUT2D eigenvalue weighted by atomic mass is 10.1. The van der Waals surface area contributed by atoms with Crippen molar-refractivity contribution < 1.29 is 18.3 Å². The molecule has 1 amide bonds. The first-order chi connectivity index (χ1) is 9.15. The molecule has 19 heavy (non-hydrogen) atoms. The molecular formula is C14H17F2NO2. The lowest BCUT2D eigenvalue weighted by Crippen LogP contribution is -2.28. The summed E-state index contributed by atoms with van der Waals surface area (Å²) in [5.74, 6) is 0.279. The lowest BCUT2D eigenvalue weighted by Gasteiger charge is -2.11. The molecule has 3 nitrogen and oxygen atoms in total. The summed E-state index contributed by atoms with van der Waals surface area (Å²) >= 11 is 0. The van der Waals surface area contributed by atoms with Gasteiger partial charge < -0.3 is 10.1 Å². The molecule has 0 aromatic heterocycles. The lowest BCUT2D eigenvalue weighted by molar-refractivity contribution is -0.124. The van der Waals surface area contributed by atoms with Crippen molar-refractivity contribution in [2.45, 2.75) is 38.8 Å². The third-order valence-corrected chi connectivity index (χ3v) is 3.32. The van der Waals surface area contributed by atoms with Gasteiger partial charge in [-0.15, -0.1) is 0 Å². The summed E-state index contributed by atoms with van der Waals surface area (Å²) in [6.45, 7) is -2.49. The van der Waals surface area contributed by atoms with E-state index in [1.54, 1.807) is 12.1 Å². The van der Waals surface area contributed by atoms with Gasteiger partial charge in [0.15, 0.2) is 0 Å². The number of amides is 1. The molecule has 0 atom stereocenters. The first-order valence-electron chi connectivity index (χ1n) is 6.46. The Morgan fingerprint density at radius 2 is 2.11 bits per heavy atom. The average Bonchev–Trinajstić information content (AvgIpc) is 2.89. The maximum absolute atomic E-state index is 12.1. The van der Waals surface area contributed by atoms with Gasteiger partial charge in [-0.2, -0.15) is 8.78 Å². The van der Waals surface area contributed by atoms with Crippen molar-refractivity contribution in [3.63, 3.8) is 0 Å². The molecule has 0 aliphatic heterocycles. The van der Waals surface area contributed by atoms with E-state index in [2.05, 4.69) is 10.1 Å². The van der Waals surface area contributed by atoms with Gasteiger partial charge in [-0.25, -0.2) is 0 Å². The van der Waals surface area contributed by atoms with Crippen molar-refractivity contribution in [3.05, 3.63) is 29.8 Å². The van der Waals surface area contributed by atoms with E-state index in [4.69, 9.17) is 0 Å². The molecule has 0 heterocycles. The van der Waals surface area contributed by atoms with E-state index in [1.807, 2.05) is 0 Å². The second-order valence-electron chi connectivity index (χ2n) is 4.73. The van der Waals surface area contributed by atoms with Gasteiger partial charge in [-0.3, -0.25) is 4.79 Å². The highest BCUT2D eigenvalue weighted by atomic mass is 19.3. The Labute approximate surface area is 111 Å². The van der Waals surface area contributed by atoms with E-state index >= 15 is 0 Å². The van der Waals surface area contributed by atoms with Gasteiger partial charge in [0.2, 0.25) is 5.91 Å². The van der Waals surface area contributed by atoms with Crippen LogP contribution in [-0.2, 0) is 11.3 Å². The Balaban J connectivity index is 1.86. The smallest absolute Gasteiger partial charge is 0.387 e. The zero-order valence-electron chi connectivity index (χ0n) is 10.6.